The van der Waals surface area contributed by atoms with E-state index in [1.54, 1.807) is 0 Å². The Balaban J connectivity index is 4.26. The SMILES string of the molecule is C=C(NC(=O)C(C)(C)C)C(CC)CC. The van der Waals surface area contributed by atoms with Gasteiger partial charge in [-0.25, -0.2) is 0 Å². The van der Waals surface area contributed by atoms with Crippen LogP contribution in [0.2, 0.25) is 0 Å². The van der Waals surface area contributed by atoms with E-state index in [1.165, 1.54) is 0 Å². The second-order valence-electron chi connectivity index (χ2n) is 4.74. The van der Waals surface area contributed by atoms with Crippen molar-refractivity contribution < 1.29 is 4.79 Å². The predicted octanol–water partition coefficient (Wildman–Crippen LogP) is 3.10. The van der Waals surface area contributed by atoms with Crippen LogP contribution in [0.25, 0.3) is 0 Å². The second kappa shape index (κ2) is 5.18. The lowest BCUT2D eigenvalue weighted by Gasteiger charge is -2.22. The van der Waals surface area contributed by atoms with E-state index in [-0.39, 0.29) is 11.3 Å². The Morgan fingerprint density at radius 2 is 1.71 bits per heavy atom. The third-order valence-electron chi connectivity index (χ3n) is 2.43. The molecule has 0 unspecified atom stereocenters. The van der Waals surface area contributed by atoms with Crippen LogP contribution in [0.4, 0.5) is 0 Å². The maximum atomic E-state index is 11.6. The zero-order valence-electron chi connectivity index (χ0n) is 10.1. The molecule has 1 amide bonds. The largest absolute Gasteiger partial charge is 0.330 e. The lowest BCUT2D eigenvalue weighted by atomic mass is 9.94. The summed E-state index contributed by atoms with van der Waals surface area (Å²) in [4.78, 5) is 11.6. The molecule has 0 bridgehead atoms. The van der Waals surface area contributed by atoms with Crippen LogP contribution in [0.3, 0.4) is 0 Å². The number of amides is 1. The minimum atomic E-state index is -0.338. The zero-order chi connectivity index (χ0) is 11.4. The second-order valence-corrected chi connectivity index (χ2v) is 4.74. The fourth-order valence-corrected chi connectivity index (χ4v) is 1.22. The van der Waals surface area contributed by atoms with Gasteiger partial charge in [-0.2, -0.15) is 0 Å². The molecule has 0 aromatic rings. The first-order chi connectivity index (χ1) is 6.32. The highest BCUT2D eigenvalue weighted by molar-refractivity contribution is 5.82. The summed E-state index contributed by atoms with van der Waals surface area (Å²) in [6.07, 6.45) is 2.06. The number of carbonyl (C=O) groups is 1. The van der Waals surface area contributed by atoms with Crippen LogP contribution in [-0.4, -0.2) is 5.91 Å². The Hall–Kier alpha value is -0.790. The van der Waals surface area contributed by atoms with Crippen molar-refractivity contribution in [1.29, 1.82) is 0 Å². The summed E-state index contributed by atoms with van der Waals surface area (Å²) in [6.45, 7) is 13.9. The molecule has 0 radical (unpaired) electrons. The first-order valence-electron chi connectivity index (χ1n) is 5.33. The molecule has 0 heterocycles. The third-order valence-corrected chi connectivity index (χ3v) is 2.43. The van der Waals surface area contributed by atoms with Crippen LogP contribution < -0.4 is 5.32 Å². The smallest absolute Gasteiger partial charge is 0.229 e. The predicted molar refractivity (Wildman–Crippen MR) is 60.8 cm³/mol. The van der Waals surface area contributed by atoms with Gasteiger partial charge < -0.3 is 5.32 Å². The minimum absolute atomic E-state index is 0.0504. The molecule has 0 aromatic carbocycles. The van der Waals surface area contributed by atoms with Gasteiger partial charge in [0.25, 0.3) is 0 Å². The normalized spacial score (nSPS) is 11.6. The average molecular weight is 197 g/mol. The Morgan fingerprint density at radius 1 is 1.29 bits per heavy atom. The van der Waals surface area contributed by atoms with Gasteiger partial charge in [0, 0.05) is 11.1 Å². The van der Waals surface area contributed by atoms with Crippen molar-refractivity contribution in [2.24, 2.45) is 11.3 Å². The maximum Gasteiger partial charge on any atom is 0.229 e. The molecule has 1 N–H and O–H groups in total. The van der Waals surface area contributed by atoms with E-state index < -0.39 is 0 Å². The molecule has 2 nitrogen and oxygen atoms in total. The standard InChI is InChI=1S/C12H23NO/c1-7-10(8-2)9(3)13-11(14)12(4,5)6/h10H,3,7-8H2,1-2,4-6H3,(H,13,14). The number of hydrogen-bond donors (Lipinski definition) is 1. The van der Waals surface area contributed by atoms with E-state index >= 15 is 0 Å². The van der Waals surface area contributed by atoms with Crippen LogP contribution in [0.15, 0.2) is 12.3 Å². The topological polar surface area (TPSA) is 29.1 Å². The molecule has 2 heteroatoms. The molecule has 0 saturated carbocycles. The first kappa shape index (κ1) is 13.2. The van der Waals surface area contributed by atoms with Gasteiger partial charge in [-0.1, -0.05) is 41.2 Å². The lowest BCUT2D eigenvalue weighted by Crippen LogP contribution is -2.35. The van der Waals surface area contributed by atoms with E-state index in [0.29, 0.717) is 5.92 Å². The van der Waals surface area contributed by atoms with Gasteiger partial charge in [0.15, 0.2) is 0 Å². The van der Waals surface area contributed by atoms with Gasteiger partial charge >= 0.3 is 0 Å². The van der Waals surface area contributed by atoms with E-state index in [2.05, 4.69) is 25.7 Å². The highest BCUT2D eigenvalue weighted by Gasteiger charge is 2.22. The average Bonchev–Trinajstić information content (AvgIpc) is 2.04. The molecule has 0 saturated heterocycles. The highest BCUT2D eigenvalue weighted by atomic mass is 16.2. The molecule has 0 fully saturated rings. The van der Waals surface area contributed by atoms with Crippen LogP contribution in [0, 0.1) is 11.3 Å². The third kappa shape index (κ3) is 3.95. The molecular weight excluding hydrogens is 174 g/mol. The van der Waals surface area contributed by atoms with Gasteiger partial charge in [-0.05, 0) is 18.8 Å². The Morgan fingerprint density at radius 3 is 2.00 bits per heavy atom. The van der Waals surface area contributed by atoms with Gasteiger partial charge in [0.05, 0.1) is 0 Å². The number of rotatable bonds is 4. The molecular formula is C12H23NO. The molecule has 14 heavy (non-hydrogen) atoms. The van der Waals surface area contributed by atoms with Gasteiger partial charge in [0.2, 0.25) is 5.91 Å². The van der Waals surface area contributed by atoms with Crippen LogP contribution in [0.5, 0.6) is 0 Å². The highest BCUT2D eigenvalue weighted by Crippen LogP contribution is 2.18. The van der Waals surface area contributed by atoms with Gasteiger partial charge in [-0.15, -0.1) is 0 Å². The summed E-state index contributed by atoms with van der Waals surface area (Å²) >= 11 is 0. The Kier molecular flexibility index (Phi) is 4.89. The first-order valence-corrected chi connectivity index (χ1v) is 5.33. The fraction of sp³-hybridized carbons (Fsp3) is 0.750. The van der Waals surface area contributed by atoms with E-state index in [9.17, 15) is 4.79 Å². The van der Waals surface area contributed by atoms with Crippen LogP contribution in [0.1, 0.15) is 47.5 Å². The van der Waals surface area contributed by atoms with Crippen molar-refractivity contribution in [3.05, 3.63) is 12.3 Å². The van der Waals surface area contributed by atoms with Crippen molar-refractivity contribution >= 4 is 5.91 Å². The molecule has 0 spiro atoms. The monoisotopic (exact) mass is 197 g/mol. The van der Waals surface area contributed by atoms with Crippen LogP contribution in [-0.2, 0) is 4.79 Å². The van der Waals surface area contributed by atoms with Gasteiger partial charge in [-0.3, -0.25) is 4.79 Å². The Labute approximate surface area is 87.8 Å². The minimum Gasteiger partial charge on any atom is -0.330 e. The number of hydrogen-bond acceptors (Lipinski definition) is 1. The summed E-state index contributed by atoms with van der Waals surface area (Å²) in [7, 11) is 0. The lowest BCUT2D eigenvalue weighted by molar-refractivity contribution is -0.127. The summed E-state index contributed by atoms with van der Waals surface area (Å²) in [5.41, 5.74) is 0.518. The van der Waals surface area contributed by atoms with E-state index in [1.807, 2.05) is 20.8 Å². The zero-order valence-corrected chi connectivity index (χ0v) is 10.1. The quantitative estimate of drug-likeness (QED) is 0.737. The fourth-order valence-electron chi connectivity index (χ4n) is 1.22. The molecule has 82 valence electrons. The molecule has 0 aromatic heterocycles. The van der Waals surface area contributed by atoms with Crippen molar-refractivity contribution in [2.75, 3.05) is 0 Å². The summed E-state index contributed by atoms with van der Waals surface area (Å²) in [6, 6.07) is 0. The summed E-state index contributed by atoms with van der Waals surface area (Å²) in [5, 5.41) is 2.89. The number of allylic oxidation sites excluding steroid dienone is 1. The van der Waals surface area contributed by atoms with E-state index in [4.69, 9.17) is 0 Å². The van der Waals surface area contributed by atoms with Crippen molar-refractivity contribution in [2.45, 2.75) is 47.5 Å². The van der Waals surface area contributed by atoms with Gasteiger partial charge in [0.1, 0.15) is 0 Å². The van der Waals surface area contributed by atoms with Crippen molar-refractivity contribution in [3.63, 3.8) is 0 Å². The molecule has 0 rings (SSSR count). The maximum absolute atomic E-state index is 11.6. The molecule has 0 aliphatic heterocycles. The van der Waals surface area contributed by atoms with Crippen molar-refractivity contribution in [1.82, 2.24) is 5.32 Å². The number of nitrogens with one attached hydrogen (secondary N) is 1. The molecule has 0 aliphatic carbocycles. The number of carbonyl (C=O) groups excluding carboxylic acids is 1. The molecule has 0 atom stereocenters. The Bertz CT molecular complexity index is 209. The summed E-state index contributed by atoms with van der Waals surface area (Å²) in [5.74, 6) is 0.454. The van der Waals surface area contributed by atoms with Crippen molar-refractivity contribution in [3.8, 4) is 0 Å². The molecule has 0 aliphatic rings. The van der Waals surface area contributed by atoms with Crippen LogP contribution >= 0.6 is 0 Å². The summed E-state index contributed by atoms with van der Waals surface area (Å²) < 4.78 is 0. The van der Waals surface area contributed by atoms with E-state index in [0.717, 1.165) is 18.5 Å².